The summed E-state index contributed by atoms with van der Waals surface area (Å²) in [6, 6.07) is 17.2. The van der Waals surface area contributed by atoms with Crippen LogP contribution in [0.25, 0.3) is 22.3 Å². The number of fused-ring (bicyclic) bond motifs is 1. The lowest BCUT2D eigenvalue weighted by Crippen LogP contribution is -2.49. The van der Waals surface area contributed by atoms with Gasteiger partial charge in [0.15, 0.2) is 0 Å². The van der Waals surface area contributed by atoms with E-state index in [2.05, 4.69) is 26.9 Å². The number of benzene rings is 2. The molecule has 4 aromatic rings. The van der Waals surface area contributed by atoms with Crippen molar-refractivity contribution in [3.05, 3.63) is 71.2 Å². The van der Waals surface area contributed by atoms with Crippen LogP contribution in [0, 0.1) is 0 Å². The van der Waals surface area contributed by atoms with Crippen molar-refractivity contribution in [2.24, 2.45) is 0 Å². The molecule has 5 rings (SSSR count). The standard InChI is InChI=1S/C23H22ClN5O2/c1-15(22-26-21(27-31-22)16-5-3-2-4-6-16)28-9-11-29(12-10-28)23(30)20-14-17-13-18(24)7-8-19(17)25-20/h2-8,13-15,25H,9-12H2,1H3. The first-order chi connectivity index (χ1) is 15.1. The summed E-state index contributed by atoms with van der Waals surface area (Å²) in [6.45, 7) is 4.81. The zero-order chi connectivity index (χ0) is 21.4. The monoisotopic (exact) mass is 435 g/mol. The third-order valence-corrected chi connectivity index (χ3v) is 6.03. The minimum atomic E-state index is -0.0163. The Balaban J connectivity index is 1.23. The summed E-state index contributed by atoms with van der Waals surface area (Å²) < 4.78 is 5.52. The summed E-state index contributed by atoms with van der Waals surface area (Å²) in [5.41, 5.74) is 2.42. The number of carbonyl (C=O) groups is 1. The van der Waals surface area contributed by atoms with E-state index in [0.717, 1.165) is 29.6 Å². The summed E-state index contributed by atoms with van der Waals surface area (Å²) in [7, 11) is 0. The number of aromatic nitrogens is 3. The van der Waals surface area contributed by atoms with E-state index in [9.17, 15) is 4.79 Å². The lowest BCUT2D eigenvalue weighted by molar-refractivity contribution is 0.0547. The van der Waals surface area contributed by atoms with E-state index in [4.69, 9.17) is 16.1 Å². The maximum absolute atomic E-state index is 13.0. The van der Waals surface area contributed by atoms with Crippen molar-refractivity contribution >= 4 is 28.4 Å². The molecule has 0 bridgehead atoms. The van der Waals surface area contributed by atoms with Gasteiger partial charge in [0.2, 0.25) is 11.7 Å². The molecule has 0 saturated carbocycles. The zero-order valence-electron chi connectivity index (χ0n) is 17.1. The van der Waals surface area contributed by atoms with Gasteiger partial charge in [0, 0.05) is 47.7 Å². The van der Waals surface area contributed by atoms with Gasteiger partial charge in [-0.05, 0) is 31.2 Å². The van der Waals surface area contributed by atoms with Crippen molar-refractivity contribution in [3.63, 3.8) is 0 Å². The Morgan fingerprint density at radius 2 is 1.87 bits per heavy atom. The topological polar surface area (TPSA) is 78.3 Å². The molecular formula is C23H22ClN5O2. The molecule has 1 atom stereocenters. The van der Waals surface area contributed by atoms with Crippen LogP contribution in [0.1, 0.15) is 29.3 Å². The van der Waals surface area contributed by atoms with Gasteiger partial charge < -0.3 is 14.4 Å². The van der Waals surface area contributed by atoms with Crippen LogP contribution in [0.4, 0.5) is 0 Å². The first kappa shape index (κ1) is 19.8. The molecule has 0 spiro atoms. The highest BCUT2D eigenvalue weighted by Gasteiger charge is 2.28. The van der Waals surface area contributed by atoms with E-state index in [1.54, 1.807) is 0 Å². The Bertz CT molecular complexity index is 1210. The van der Waals surface area contributed by atoms with Gasteiger partial charge in [-0.2, -0.15) is 4.98 Å². The normalized spacial score (nSPS) is 16.0. The van der Waals surface area contributed by atoms with Crippen LogP contribution in [0.2, 0.25) is 5.02 Å². The van der Waals surface area contributed by atoms with Gasteiger partial charge >= 0.3 is 0 Å². The lowest BCUT2D eigenvalue weighted by Gasteiger charge is -2.36. The molecule has 1 saturated heterocycles. The zero-order valence-corrected chi connectivity index (χ0v) is 17.8. The first-order valence-corrected chi connectivity index (χ1v) is 10.7. The van der Waals surface area contributed by atoms with Crippen molar-refractivity contribution in [3.8, 4) is 11.4 Å². The molecule has 0 aliphatic carbocycles. The number of nitrogens with zero attached hydrogens (tertiary/aromatic N) is 4. The van der Waals surface area contributed by atoms with Crippen molar-refractivity contribution in [1.29, 1.82) is 0 Å². The Morgan fingerprint density at radius 3 is 2.65 bits per heavy atom. The number of nitrogens with one attached hydrogen (secondary N) is 1. The van der Waals surface area contributed by atoms with Gasteiger partial charge in [-0.15, -0.1) is 0 Å². The highest BCUT2D eigenvalue weighted by atomic mass is 35.5. The molecular weight excluding hydrogens is 414 g/mol. The van der Waals surface area contributed by atoms with E-state index in [0.29, 0.717) is 35.5 Å². The average molecular weight is 436 g/mol. The Kier molecular flexibility index (Phi) is 5.21. The molecule has 1 amide bonds. The minimum absolute atomic E-state index is 0.00350. The Morgan fingerprint density at radius 1 is 1.10 bits per heavy atom. The van der Waals surface area contributed by atoms with Crippen LogP contribution in [0.3, 0.4) is 0 Å². The van der Waals surface area contributed by atoms with E-state index >= 15 is 0 Å². The molecule has 1 aliphatic heterocycles. The highest BCUT2D eigenvalue weighted by Crippen LogP contribution is 2.25. The van der Waals surface area contributed by atoms with E-state index < -0.39 is 0 Å². The number of carbonyl (C=O) groups excluding carboxylic acids is 1. The van der Waals surface area contributed by atoms with Crippen LogP contribution in [0.5, 0.6) is 0 Å². The predicted octanol–water partition coefficient (Wildman–Crippen LogP) is 4.39. The molecule has 31 heavy (non-hydrogen) atoms. The molecule has 8 heteroatoms. The van der Waals surface area contributed by atoms with Crippen LogP contribution < -0.4 is 0 Å². The maximum atomic E-state index is 13.0. The average Bonchev–Trinajstić information content (AvgIpc) is 3.46. The molecule has 1 unspecified atom stereocenters. The molecule has 2 aromatic heterocycles. The number of piperazine rings is 1. The van der Waals surface area contributed by atoms with Gasteiger partial charge in [-0.3, -0.25) is 9.69 Å². The van der Waals surface area contributed by atoms with Gasteiger partial charge in [0.1, 0.15) is 5.69 Å². The third kappa shape index (κ3) is 3.94. The van der Waals surface area contributed by atoms with Crippen LogP contribution in [-0.2, 0) is 0 Å². The summed E-state index contributed by atoms with van der Waals surface area (Å²) in [6.07, 6.45) is 0. The predicted molar refractivity (Wildman–Crippen MR) is 119 cm³/mol. The fourth-order valence-electron chi connectivity index (χ4n) is 3.97. The number of rotatable bonds is 4. The molecule has 2 aromatic carbocycles. The SMILES string of the molecule is CC(c1nc(-c2ccccc2)no1)N1CCN(C(=O)c2cc3cc(Cl)ccc3[nH]2)CC1. The van der Waals surface area contributed by atoms with Crippen LogP contribution >= 0.6 is 11.6 Å². The summed E-state index contributed by atoms with van der Waals surface area (Å²) in [5, 5.41) is 5.72. The Hall–Kier alpha value is -3.16. The summed E-state index contributed by atoms with van der Waals surface area (Å²) >= 11 is 6.06. The molecule has 3 heterocycles. The van der Waals surface area contributed by atoms with E-state index in [-0.39, 0.29) is 11.9 Å². The number of H-pyrrole nitrogens is 1. The number of hydrogen-bond donors (Lipinski definition) is 1. The molecule has 0 radical (unpaired) electrons. The molecule has 1 aliphatic rings. The van der Waals surface area contributed by atoms with E-state index in [1.165, 1.54) is 0 Å². The Labute approximate surface area is 184 Å². The fraction of sp³-hybridized carbons (Fsp3) is 0.261. The van der Waals surface area contributed by atoms with Gasteiger partial charge in [0.25, 0.3) is 5.91 Å². The summed E-state index contributed by atoms with van der Waals surface area (Å²) in [4.78, 5) is 24.9. The quantitative estimate of drug-likeness (QED) is 0.514. The minimum Gasteiger partial charge on any atom is -0.351 e. The number of aromatic amines is 1. The molecule has 7 nitrogen and oxygen atoms in total. The van der Waals surface area contributed by atoms with Crippen molar-refractivity contribution in [1.82, 2.24) is 24.9 Å². The number of halogens is 1. The van der Waals surface area contributed by atoms with Crippen LogP contribution in [-0.4, -0.2) is 57.0 Å². The molecule has 1 N–H and O–H groups in total. The smallest absolute Gasteiger partial charge is 0.270 e. The summed E-state index contributed by atoms with van der Waals surface area (Å²) in [5.74, 6) is 1.19. The second-order valence-corrected chi connectivity index (χ2v) is 8.18. The molecule has 158 valence electrons. The van der Waals surface area contributed by atoms with Crippen molar-refractivity contribution in [2.75, 3.05) is 26.2 Å². The largest absolute Gasteiger partial charge is 0.351 e. The second kappa shape index (κ2) is 8.17. The van der Waals surface area contributed by atoms with Gasteiger partial charge in [0.05, 0.1) is 6.04 Å². The highest BCUT2D eigenvalue weighted by molar-refractivity contribution is 6.31. The van der Waals surface area contributed by atoms with Gasteiger partial charge in [-0.1, -0.05) is 47.1 Å². The van der Waals surface area contributed by atoms with Crippen molar-refractivity contribution < 1.29 is 9.32 Å². The lowest BCUT2D eigenvalue weighted by atomic mass is 10.2. The number of amides is 1. The van der Waals surface area contributed by atoms with Gasteiger partial charge in [-0.25, -0.2) is 0 Å². The third-order valence-electron chi connectivity index (χ3n) is 5.79. The van der Waals surface area contributed by atoms with Crippen LogP contribution in [0.15, 0.2) is 59.1 Å². The molecule has 1 fully saturated rings. The number of hydrogen-bond acceptors (Lipinski definition) is 5. The maximum Gasteiger partial charge on any atom is 0.270 e. The van der Waals surface area contributed by atoms with Crippen molar-refractivity contribution in [2.45, 2.75) is 13.0 Å². The van der Waals surface area contributed by atoms with E-state index in [1.807, 2.05) is 59.5 Å². The second-order valence-electron chi connectivity index (χ2n) is 7.74. The first-order valence-electron chi connectivity index (χ1n) is 10.3. The fourth-order valence-corrected chi connectivity index (χ4v) is 4.15.